The summed E-state index contributed by atoms with van der Waals surface area (Å²) in [6, 6.07) is 6.89. The summed E-state index contributed by atoms with van der Waals surface area (Å²) in [7, 11) is 0. The van der Waals surface area contributed by atoms with Crippen LogP contribution >= 0.6 is 11.8 Å². The van der Waals surface area contributed by atoms with Gasteiger partial charge in [-0.1, -0.05) is 6.92 Å². The Kier molecular flexibility index (Phi) is 6.33. The molecule has 2 rings (SSSR count). The van der Waals surface area contributed by atoms with E-state index in [1.165, 1.54) is 16.7 Å². The van der Waals surface area contributed by atoms with E-state index in [1.54, 1.807) is 0 Å². The molecule has 1 aliphatic rings. The zero-order valence-corrected chi connectivity index (χ0v) is 14.3. The van der Waals surface area contributed by atoms with Crippen LogP contribution in [0.25, 0.3) is 0 Å². The molecule has 2 atom stereocenters. The highest BCUT2D eigenvalue weighted by molar-refractivity contribution is 8.00. The van der Waals surface area contributed by atoms with Crippen molar-refractivity contribution >= 4 is 23.6 Å². The number of carboxylic acids is 1. The van der Waals surface area contributed by atoms with E-state index in [0.29, 0.717) is 25.5 Å². The average Bonchev–Trinajstić information content (AvgIpc) is 2.54. The second-order valence-electron chi connectivity index (χ2n) is 5.76. The lowest BCUT2D eigenvalue weighted by molar-refractivity contribution is -0.151. The van der Waals surface area contributed by atoms with E-state index in [2.05, 4.69) is 0 Å². The van der Waals surface area contributed by atoms with Crippen LogP contribution in [0.3, 0.4) is 0 Å². The van der Waals surface area contributed by atoms with Crippen LogP contribution in [0.2, 0.25) is 0 Å². The third-order valence-electron chi connectivity index (χ3n) is 3.97. The van der Waals surface area contributed by atoms with Crippen molar-refractivity contribution < 1.29 is 19.4 Å². The first-order valence-electron chi connectivity index (χ1n) is 7.89. The highest BCUT2D eigenvalue weighted by atomic mass is 32.2. The molecule has 1 heterocycles. The molecule has 0 spiro atoms. The summed E-state index contributed by atoms with van der Waals surface area (Å²) in [6.07, 6.45) is 1.40. The minimum absolute atomic E-state index is 0.108. The van der Waals surface area contributed by atoms with Gasteiger partial charge in [0.1, 0.15) is 11.8 Å². The molecule has 1 N–H and O–H groups in total. The number of carboxylic acid groups (broad SMARTS) is 1. The van der Waals surface area contributed by atoms with Gasteiger partial charge in [0.2, 0.25) is 5.91 Å². The standard InChI is InChI=1S/C17H23NO4S/c1-3-22-13-4-6-14(7-5-13)23-11-16(19)18-9-8-12(2)10-15(18)17(20)21/h4-7,12,15H,3,8-11H2,1-2H3,(H,20,21). The van der Waals surface area contributed by atoms with E-state index >= 15 is 0 Å². The molecule has 1 amide bonds. The lowest BCUT2D eigenvalue weighted by Crippen LogP contribution is -2.50. The predicted molar refractivity (Wildman–Crippen MR) is 89.9 cm³/mol. The van der Waals surface area contributed by atoms with Crippen molar-refractivity contribution in [1.29, 1.82) is 0 Å². The van der Waals surface area contributed by atoms with E-state index in [-0.39, 0.29) is 11.7 Å². The van der Waals surface area contributed by atoms with Gasteiger partial charge < -0.3 is 14.7 Å². The summed E-state index contributed by atoms with van der Waals surface area (Å²) in [4.78, 5) is 26.2. The number of hydrogen-bond acceptors (Lipinski definition) is 4. The van der Waals surface area contributed by atoms with Gasteiger partial charge in [-0.3, -0.25) is 4.79 Å². The third-order valence-corrected chi connectivity index (χ3v) is 4.96. The predicted octanol–water partition coefficient (Wildman–Crippen LogP) is 2.89. The maximum atomic E-state index is 12.4. The Morgan fingerprint density at radius 3 is 2.65 bits per heavy atom. The maximum absolute atomic E-state index is 12.4. The second-order valence-corrected chi connectivity index (χ2v) is 6.81. The number of rotatable bonds is 6. The molecule has 1 aromatic rings. The van der Waals surface area contributed by atoms with Gasteiger partial charge in [0.25, 0.3) is 0 Å². The fraction of sp³-hybridized carbons (Fsp3) is 0.529. The van der Waals surface area contributed by atoms with Crippen molar-refractivity contribution in [3.05, 3.63) is 24.3 Å². The average molecular weight is 337 g/mol. The van der Waals surface area contributed by atoms with Crippen molar-refractivity contribution in [1.82, 2.24) is 4.90 Å². The first kappa shape index (κ1) is 17.7. The first-order valence-corrected chi connectivity index (χ1v) is 8.87. The number of amides is 1. The van der Waals surface area contributed by atoms with Crippen molar-refractivity contribution in [2.75, 3.05) is 18.9 Å². The molecular weight excluding hydrogens is 314 g/mol. The van der Waals surface area contributed by atoms with E-state index in [4.69, 9.17) is 4.74 Å². The summed E-state index contributed by atoms with van der Waals surface area (Å²) >= 11 is 1.42. The number of ether oxygens (including phenoxy) is 1. The molecule has 23 heavy (non-hydrogen) atoms. The Hall–Kier alpha value is -1.69. The third kappa shape index (κ3) is 4.89. The van der Waals surface area contributed by atoms with Crippen LogP contribution in [0.1, 0.15) is 26.7 Å². The Labute approximate surface area is 141 Å². The highest BCUT2D eigenvalue weighted by Gasteiger charge is 2.34. The summed E-state index contributed by atoms with van der Waals surface area (Å²) in [5, 5.41) is 9.33. The van der Waals surface area contributed by atoms with Gasteiger partial charge in [-0.05, 0) is 49.9 Å². The molecular formula is C17H23NO4S. The summed E-state index contributed by atoms with van der Waals surface area (Å²) in [6.45, 7) is 5.11. The summed E-state index contributed by atoms with van der Waals surface area (Å²) in [5.74, 6) is 0.392. The Bertz CT molecular complexity index is 546. The van der Waals surface area contributed by atoms with Crippen molar-refractivity contribution in [2.45, 2.75) is 37.6 Å². The number of thioether (sulfide) groups is 1. The van der Waals surface area contributed by atoms with Gasteiger partial charge >= 0.3 is 5.97 Å². The number of hydrogen-bond donors (Lipinski definition) is 1. The lowest BCUT2D eigenvalue weighted by atomic mass is 9.92. The molecule has 1 fully saturated rings. The minimum atomic E-state index is -0.907. The molecule has 6 heteroatoms. The highest BCUT2D eigenvalue weighted by Crippen LogP contribution is 2.26. The second kappa shape index (κ2) is 8.24. The first-order chi connectivity index (χ1) is 11.0. The normalized spacial score (nSPS) is 21.0. The van der Waals surface area contributed by atoms with Crippen LogP contribution in [-0.4, -0.2) is 46.8 Å². The summed E-state index contributed by atoms with van der Waals surface area (Å²) < 4.78 is 5.38. The number of aliphatic carboxylic acids is 1. The van der Waals surface area contributed by atoms with Crippen LogP contribution in [0.4, 0.5) is 0 Å². The van der Waals surface area contributed by atoms with Crippen LogP contribution in [-0.2, 0) is 9.59 Å². The van der Waals surface area contributed by atoms with E-state index in [1.807, 2.05) is 38.1 Å². The minimum Gasteiger partial charge on any atom is -0.494 e. The Morgan fingerprint density at radius 2 is 2.04 bits per heavy atom. The zero-order valence-electron chi connectivity index (χ0n) is 13.5. The molecule has 126 valence electrons. The number of likely N-dealkylation sites (tertiary alicyclic amines) is 1. The van der Waals surface area contributed by atoms with E-state index in [0.717, 1.165) is 17.1 Å². The fourth-order valence-corrected chi connectivity index (χ4v) is 3.49. The Balaban J connectivity index is 1.91. The summed E-state index contributed by atoms with van der Waals surface area (Å²) in [5.41, 5.74) is 0. The van der Waals surface area contributed by atoms with Gasteiger partial charge in [-0.2, -0.15) is 0 Å². The van der Waals surface area contributed by atoms with Crippen molar-refractivity contribution in [3.63, 3.8) is 0 Å². The number of nitrogens with zero attached hydrogens (tertiary/aromatic N) is 1. The molecule has 1 aromatic carbocycles. The van der Waals surface area contributed by atoms with Gasteiger partial charge in [-0.25, -0.2) is 4.79 Å². The topological polar surface area (TPSA) is 66.8 Å². The number of piperidine rings is 1. The molecule has 5 nitrogen and oxygen atoms in total. The maximum Gasteiger partial charge on any atom is 0.326 e. The monoisotopic (exact) mass is 337 g/mol. The molecule has 0 radical (unpaired) electrons. The van der Waals surface area contributed by atoms with Gasteiger partial charge in [0.15, 0.2) is 0 Å². The number of carbonyl (C=O) groups excluding carboxylic acids is 1. The van der Waals surface area contributed by atoms with E-state index in [9.17, 15) is 14.7 Å². The molecule has 0 bridgehead atoms. The number of carbonyl (C=O) groups is 2. The van der Waals surface area contributed by atoms with Gasteiger partial charge in [0, 0.05) is 11.4 Å². The van der Waals surface area contributed by atoms with Crippen LogP contribution < -0.4 is 4.74 Å². The van der Waals surface area contributed by atoms with Gasteiger partial charge in [0.05, 0.1) is 12.4 Å². The molecule has 1 saturated heterocycles. The SMILES string of the molecule is CCOc1ccc(SCC(=O)N2CCC(C)CC2C(=O)O)cc1. The Morgan fingerprint density at radius 1 is 1.35 bits per heavy atom. The fourth-order valence-electron chi connectivity index (χ4n) is 2.70. The number of benzene rings is 1. The molecule has 1 aliphatic heterocycles. The van der Waals surface area contributed by atoms with Crippen LogP contribution in [0.5, 0.6) is 5.75 Å². The van der Waals surface area contributed by atoms with E-state index < -0.39 is 12.0 Å². The molecule has 0 aromatic heterocycles. The van der Waals surface area contributed by atoms with Crippen LogP contribution in [0, 0.1) is 5.92 Å². The van der Waals surface area contributed by atoms with Crippen LogP contribution in [0.15, 0.2) is 29.2 Å². The van der Waals surface area contributed by atoms with Crippen molar-refractivity contribution in [3.8, 4) is 5.75 Å². The molecule has 0 aliphatic carbocycles. The zero-order chi connectivity index (χ0) is 16.8. The smallest absolute Gasteiger partial charge is 0.326 e. The van der Waals surface area contributed by atoms with Crippen molar-refractivity contribution in [2.24, 2.45) is 5.92 Å². The molecule has 2 unspecified atom stereocenters. The molecule has 0 saturated carbocycles. The lowest BCUT2D eigenvalue weighted by Gasteiger charge is -2.36. The quantitative estimate of drug-likeness (QED) is 0.809. The largest absolute Gasteiger partial charge is 0.494 e. The van der Waals surface area contributed by atoms with Gasteiger partial charge in [-0.15, -0.1) is 11.8 Å².